The number of nitrogens with one attached hydrogen (secondary N) is 1. The normalized spacial score (nSPS) is 23.0. The van der Waals surface area contributed by atoms with Gasteiger partial charge in [0.2, 0.25) is 5.91 Å². The van der Waals surface area contributed by atoms with E-state index in [0.29, 0.717) is 26.1 Å². The number of carbonyl (C=O) groups is 1. The highest BCUT2D eigenvalue weighted by Crippen LogP contribution is 2.16. The minimum absolute atomic E-state index is 0.0702. The predicted octanol–water partition coefficient (Wildman–Crippen LogP) is 0.805. The third kappa shape index (κ3) is 3.55. The van der Waals surface area contributed by atoms with Crippen LogP contribution in [0.25, 0.3) is 0 Å². The fraction of sp³-hybridized carbons (Fsp3) is 0.500. The fourth-order valence-corrected chi connectivity index (χ4v) is 1.95. The highest BCUT2D eigenvalue weighted by atomic mass is 16.5. The van der Waals surface area contributed by atoms with Crippen LogP contribution in [0.1, 0.15) is 17.5 Å². The van der Waals surface area contributed by atoms with Crippen molar-refractivity contribution in [3.63, 3.8) is 0 Å². The Balaban J connectivity index is 1.80. The maximum atomic E-state index is 11.7. The molecule has 1 atom stereocenters. The Labute approximate surface area is 107 Å². The van der Waals surface area contributed by atoms with Gasteiger partial charge in [0.15, 0.2) is 0 Å². The summed E-state index contributed by atoms with van der Waals surface area (Å²) in [4.78, 5) is 11.7. The van der Waals surface area contributed by atoms with Gasteiger partial charge >= 0.3 is 0 Å². The van der Waals surface area contributed by atoms with Gasteiger partial charge in [-0.05, 0) is 12.5 Å². The van der Waals surface area contributed by atoms with Crippen molar-refractivity contribution in [2.24, 2.45) is 0 Å². The molecule has 2 rings (SSSR count). The van der Waals surface area contributed by atoms with Crippen LogP contribution < -0.4 is 5.32 Å². The van der Waals surface area contributed by atoms with E-state index in [1.54, 1.807) is 0 Å². The molecule has 0 aliphatic carbocycles. The summed E-state index contributed by atoms with van der Waals surface area (Å²) < 4.78 is 5.12. The number of amides is 1. The molecule has 0 radical (unpaired) electrons. The zero-order chi connectivity index (χ0) is 13.0. The first-order valence-corrected chi connectivity index (χ1v) is 6.20. The Morgan fingerprint density at radius 1 is 1.44 bits per heavy atom. The van der Waals surface area contributed by atoms with Crippen LogP contribution in [0.3, 0.4) is 0 Å². The largest absolute Gasteiger partial charge is 0.386 e. The van der Waals surface area contributed by atoms with Crippen molar-refractivity contribution in [3.8, 4) is 0 Å². The van der Waals surface area contributed by atoms with E-state index < -0.39 is 5.60 Å². The molecule has 1 aliphatic rings. The first-order valence-electron chi connectivity index (χ1n) is 6.20. The van der Waals surface area contributed by atoms with Crippen molar-refractivity contribution < 1.29 is 14.6 Å². The van der Waals surface area contributed by atoms with Crippen LogP contribution in [-0.2, 0) is 16.0 Å². The number of rotatable bonds is 4. The van der Waals surface area contributed by atoms with E-state index in [9.17, 15) is 9.90 Å². The summed E-state index contributed by atoms with van der Waals surface area (Å²) in [5, 5.41) is 12.8. The Morgan fingerprint density at radius 3 is 2.78 bits per heavy atom. The minimum Gasteiger partial charge on any atom is -0.386 e. The molecular weight excluding hydrogens is 230 g/mol. The van der Waals surface area contributed by atoms with Crippen LogP contribution in [0.15, 0.2) is 24.3 Å². The lowest BCUT2D eigenvalue weighted by atomic mass is 10.0. The molecule has 1 aromatic carbocycles. The van der Waals surface area contributed by atoms with Crippen LogP contribution in [0.2, 0.25) is 0 Å². The quantitative estimate of drug-likeness (QED) is 0.830. The molecule has 1 heterocycles. The van der Waals surface area contributed by atoms with E-state index in [2.05, 4.69) is 5.32 Å². The molecule has 1 unspecified atom stereocenters. The Hall–Kier alpha value is -1.39. The van der Waals surface area contributed by atoms with E-state index in [4.69, 9.17) is 4.74 Å². The van der Waals surface area contributed by atoms with Gasteiger partial charge in [-0.1, -0.05) is 29.8 Å². The summed E-state index contributed by atoms with van der Waals surface area (Å²) in [5.74, 6) is -0.0702. The number of hydrogen-bond donors (Lipinski definition) is 2. The monoisotopic (exact) mass is 249 g/mol. The molecule has 0 aromatic heterocycles. The van der Waals surface area contributed by atoms with Crippen LogP contribution in [0, 0.1) is 6.92 Å². The second-order valence-corrected chi connectivity index (χ2v) is 4.97. The topological polar surface area (TPSA) is 58.6 Å². The molecule has 98 valence electrons. The smallest absolute Gasteiger partial charge is 0.224 e. The standard InChI is InChI=1S/C14H19NO3/c1-11-2-4-12(5-3-11)8-13(16)15-9-14(17)6-7-18-10-14/h2-5,17H,6-10H2,1H3,(H,15,16). The third-order valence-electron chi connectivity index (χ3n) is 3.18. The van der Waals surface area contributed by atoms with Crippen molar-refractivity contribution in [2.75, 3.05) is 19.8 Å². The Morgan fingerprint density at radius 2 is 2.17 bits per heavy atom. The average Bonchev–Trinajstić information content (AvgIpc) is 2.78. The van der Waals surface area contributed by atoms with Crippen LogP contribution in [0.5, 0.6) is 0 Å². The minimum atomic E-state index is -0.886. The van der Waals surface area contributed by atoms with E-state index in [1.807, 2.05) is 31.2 Å². The molecular formula is C14H19NO3. The molecule has 4 heteroatoms. The van der Waals surface area contributed by atoms with Gasteiger partial charge in [-0.3, -0.25) is 4.79 Å². The maximum Gasteiger partial charge on any atom is 0.224 e. The predicted molar refractivity (Wildman–Crippen MR) is 68.3 cm³/mol. The third-order valence-corrected chi connectivity index (χ3v) is 3.18. The molecule has 1 aromatic rings. The van der Waals surface area contributed by atoms with Crippen molar-refractivity contribution >= 4 is 5.91 Å². The van der Waals surface area contributed by atoms with Gasteiger partial charge in [-0.25, -0.2) is 0 Å². The fourth-order valence-electron chi connectivity index (χ4n) is 1.95. The van der Waals surface area contributed by atoms with Crippen LogP contribution in [-0.4, -0.2) is 36.4 Å². The van der Waals surface area contributed by atoms with E-state index in [0.717, 1.165) is 5.56 Å². The van der Waals surface area contributed by atoms with Gasteiger partial charge in [0, 0.05) is 19.6 Å². The number of hydrogen-bond acceptors (Lipinski definition) is 3. The molecule has 1 fully saturated rings. The maximum absolute atomic E-state index is 11.7. The Bertz CT molecular complexity index is 408. The number of aryl methyl sites for hydroxylation is 1. The molecule has 0 saturated carbocycles. The summed E-state index contributed by atoms with van der Waals surface area (Å²) in [6.45, 7) is 3.14. The van der Waals surface area contributed by atoms with E-state index in [-0.39, 0.29) is 12.5 Å². The zero-order valence-corrected chi connectivity index (χ0v) is 10.6. The number of carbonyl (C=O) groups excluding carboxylic acids is 1. The first kappa shape index (κ1) is 13.1. The average molecular weight is 249 g/mol. The van der Waals surface area contributed by atoms with Gasteiger partial charge in [-0.15, -0.1) is 0 Å². The number of ether oxygens (including phenoxy) is 1. The molecule has 0 spiro atoms. The van der Waals surface area contributed by atoms with E-state index in [1.165, 1.54) is 5.56 Å². The van der Waals surface area contributed by atoms with Crippen molar-refractivity contribution in [1.82, 2.24) is 5.32 Å². The molecule has 18 heavy (non-hydrogen) atoms. The number of benzene rings is 1. The zero-order valence-electron chi connectivity index (χ0n) is 10.6. The van der Waals surface area contributed by atoms with Gasteiger partial charge in [0.25, 0.3) is 0 Å². The van der Waals surface area contributed by atoms with Gasteiger partial charge in [0.05, 0.1) is 13.0 Å². The molecule has 0 bridgehead atoms. The molecule has 1 saturated heterocycles. The van der Waals surface area contributed by atoms with Crippen molar-refractivity contribution in [1.29, 1.82) is 0 Å². The molecule has 1 amide bonds. The lowest BCUT2D eigenvalue weighted by Crippen LogP contribution is -2.43. The summed E-state index contributed by atoms with van der Waals surface area (Å²) in [5.41, 5.74) is 1.27. The van der Waals surface area contributed by atoms with Gasteiger partial charge in [-0.2, -0.15) is 0 Å². The van der Waals surface area contributed by atoms with Crippen LogP contribution in [0.4, 0.5) is 0 Å². The van der Waals surface area contributed by atoms with Crippen LogP contribution >= 0.6 is 0 Å². The second-order valence-electron chi connectivity index (χ2n) is 4.97. The highest BCUT2D eigenvalue weighted by molar-refractivity contribution is 5.78. The number of aliphatic hydroxyl groups is 1. The lowest BCUT2D eigenvalue weighted by molar-refractivity contribution is -0.121. The summed E-state index contributed by atoms with van der Waals surface area (Å²) >= 11 is 0. The van der Waals surface area contributed by atoms with Crippen molar-refractivity contribution in [2.45, 2.75) is 25.4 Å². The first-order chi connectivity index (χ1) is 8.57. The van der Waals surface area contributed by atoms with Crippen molar-refractivity contribution in [3.05, 3.63) is 35.4 Å². The van der Waals surface area contributed by atoms with E-state index >= 15 is 0 Å². The van der Waals surface area contributed by atoms with Gasteiger partial charge < -0.3 is 15.2 Å². The molecule has 1 aliphatic heterocycles. The molecule has 2 N–H and O–H groups in total. The Kier molecular flexibility index (Phi) is 3.99. The summed E-state index contributed by atoms with van der Waals surface area (Å²) in [6, 6.07) is 7.87. The summed E-state index contributed by atoms with van der Waals surface area (Å²) in [7, 11) is 0. The summed E-state index contributed by atoms with van der Waals surface area (Å²) in [6.07, 6.45) is 0.926. The second kappa shape index (κ2) is 5.50. The molecule has 4 nitrogen and oxygen atoms in total. The SMILES string of the molecule is Cc1ccc(CC(=O)NCC2(O)CCOC2)cc1. The highest BCUT2D eigenvalue weighted by Gasteiger charge is 2.32. The lowest BCUT2D eigenvalue weighted by Gasteiger charge is -2.20. The van der Waals surface area contributed by atoms with Gasteiger partial charge in [0.1, 0.15) is 5.60 Å².